The van der Waals surface area contributed by atoms with E-state index >= 15 is 0 Å². The molecule has 5 heteroatoms. The summed E-state index contributed by atoms with van der Waals surface area (Å²) >= 11 is 0. The zero-order chi connectivity index (χ0) is 27.6. The second-order valence-corrected chi connectivity index (χ2v) is 11.9. The van der Waals surface area contributed by atoms with Crippen LogP contribution in [-0.2, 0) is 19.1 Å². The van der Waals surface area contributed by atoms with Crippen molar-refractivity contribution in [2.75, 3.05) is 13.2 Å². The number of ether oxygens (including phenoxy) is 2. The Kier molecular flexibility index (Phi) is 25.7. The number of hydrogen-bond donors (Lipinski definition) is 1. The van der Waals surface area contributed by atoms with Gasteiger partial charge in [0, 0.05) is 12.8 Å². The summed E-state index contributed by atoms with van der Waals surface area (Å²) in [5, 5.41) is 9.92. The van der Waals surface area contributed by atoms with Crippen LogP contribution in [-0.4, -0.2) is 36.4 Å². The van der Waals surface area contributed by atoms with Crippen LogP contribution in [0.2, 0.25) is 0 Å². The molecule has 0 bridgehead atoms. The molecule has 1 atom stereocenters. The van der Waals surface area contributed by atoms with Crippen LogP contribution in [0.15, 0.2) is 0 Å². The van der Waals surface area contributed by atoms with Gasteiger partial charge in [-0.25, -0.2) is 0 Å². The van der Waals surface area contributed by atoms with Crippen LogP contribution >= 0.6 is 0 Å². The maximum Gasteiger partial charge on any atom is 0.305 e. The number of hydrogen-bond acceptors (Lipinski definition) is 5. The monoisotopic (exact) mass is 526 g/mol. The molecule has 0 amide bonds. The highest BCUT2D eigenvalue weighted by Crippen LogP contribution is 2.15. The van der Waals surface area contributed by atoms with Gasteiger partial charge in [-0.15, -0.1) is 0 Å². The third-order valence-corrected chi connectivity index (χ3v) is 6.95. The van der Waals surface area contributed by atoms with E-state index in [1.807, 2.05) is 0 Å². The summed E-state index contributed by atoms with van der Waals surface area (Å²) in [7, 11) is 0. The molecule has 0 aromatic heterocycles. The lowest BCUT2D eigenvalue weighted by Crippen LogP contribution is -2.25. The smallest absolute Gasteiger partial charge is 0.305 e. The highest BCUT2D eigenvalue weighted by molar-refractivity contribution is 5.69. The van der Waals surface area contributed by atoms with Gasteiger partial charge in [-0.1, -0.05) is 137 Å². The number of unbranched alkanes of at least 4 members (excludes halogenated alkanes) is 15. The summed E-state index contributed by atoms with van der Waals surface area (Å²) in [5.74, 6) is 1.05. The van der Waals surface area contributed by atoms with E-state index < -0.39 is 6.10 Å². The molecule has 1 N–H and O–H groups in total. The molecule has 0 heterocycles. The maximum absolute atomic E-state index is 11.9. The largest absolute Gasteiger partial charge is 0.463 e. The molecule has 220 valence electrons. The van der Waals surface area contributed by atoms with E-state index in [-0.39, 0.29) is 25.2 Å². The molecule has 0 saturated carbocycles. The molecule has 0 aliphatic rings. The highest BCUT2D eigenvalue weighted by atomic mass is 16.6. The molecule has 0 unspecified atom stereocenters. The Bertz CT molecular complexity index is 517. The average Bonchev–Trinajstić information content (AvgIpc) is 2.85. The van der Waals surface area contributed by atoms with Crippen LogP contribution in [0.4, 0.5) is 0 Å². The van der Waals surface area contributed by atoms with Gasteiger partial charge in [-0.3, -0.25) is 9.59 Å². The second kappa shape index (κ2) is 26.5. The van der Waals surface area contributed by atoms with Gasteiger partial charge in [-0.05, 0) is 24.7 Å². The van der Waals surface area contributed by atoms with Crippen LogP contribution in [0.25, 0.3) is 0 Å². The average molecular weight is 527 g/mol. The predicted molar refractivity (Wildman–Crippen MR) is 155 cm³/mol. The molecule has 0 aromatic rings. The van der Waals surface area contributed by atoms with E-state index in [4.69, 9.17) is 9.47 Å². The van der Waals surface area contributed by atoms with Crippen molar-refractivity contribution in [3.05, 3.63) is 0 Å². The third kappa shape index (κ3) is 29.3. The van der Waals surface area contributed by atoms with E-state index in [0.717, 1.165) is 43.9 Å². The Morgan fingerprint density at radius 3 is 1.05 bits per heavy atom. The first-order valence-corrected chi connectivity index (χ1v) is 15.8. The molecular weight excluding hydrogens is 464 g/mol. The van der Waals surface area contributed by atoms with Gasteiger partial charge in [0.15, 0.2) is 0 Å². The molecule has 0 aliphatic heterocycles. The Balaban J connectivity index is 3.43. The van der Waals surface area contributed by atoms with E-state index in [1.165, 1.54) is 89.9 Å². The van der Waals surface area contributed by atoms with Gasteiger partial charge >= 0.3 is 11.9 Å². The van der Waals surface area contributed by atoms with Crippen LogP contribution < -0.4 is 0 Å². The minimum atomic E-state index is -0.955. The summed E-state index contributed by atoms with van der Waals surface area (Å²) in [5.41, 5.74) is 0. The molecule has 37 heavy (non-hydrogen) atoms. The fourth-order valence-electron chi connectivity index (χ4n) is 4.51. The van der Waals surface area contributed by atoms with Crippen molar-refractivity contribution in [3.63, 3.8) is 0 Å². The molecule has 0 rings (SSSR count). The first-order valence-electron chi connectivity index (χ1n) is 15.8. The van der Waals surface area contributed by atoms with Gasteiger partial charge in [0.25, 0.3) is 0 Å². The van der Waals surface area contributed by atoms with Crippen molar-refractivity contribution in [2.45, 2.75) is 169 Å². The van der Waals surface area contributed by atoms with Crippen molar-refractivity contribution < 1.29 is 24.2 Å². The predicted octanol–water partition coefficient (Wildman–Crippen LogP) is 8.94. The summed E-state index contributed by atoms with van der Waals surface area (Å²) in [6.45, 7) is 8.89. The topological polar surface area (TPSA) is 72.8 Å². The zero-order valence-corrected chi connectivity index (χ0v) is 25.1. The highest BCUT2D eigenvalue weighted by Gasteiger charge is 2.12. The van der Waals surface area contributed by atoms with Crippen LogP contribution in [0, 0.1) is 11.8 Å². The zero-order valence-electron chi connectivity index (χ0n) is 25.1. The lowest BCUT2D eigenvalue weighted by atomic mass is 10.0. The molecule has 0 saturated heterocycles. The lowest BCUT2D eigenvalue weighted by Gasteiger charge is -2.12. The number of esters is 2. The minimum Gasteiger partial charge on any atom is -0.463 e. The summed E-state index contributed by atoms with van der Waals surface area (Å²) in [6.07, 6.45) is 23.1. The number of carbonyl (C=O) groups is 2. The first-order chi connectivity index (χ1) is 17.8. The fraction of sp³-hybridized carbons (Fsp3) is 0.938. The SMILES string of the molecule is CC(C)CCCCCCCCCCCCCC(=O)OC[C@H](O)COC(=O)CCCCCCCCC(C)C. The van der Waals surface area contributed by atoms with Crippen molar-refractivity contribution in [1.29, 1.82) is 0 Å². The molecular formula is C32H62O5. The third-order valence-electron chi connectivity index (χ3n) is 6.95. The second-order valence-electron chi connectivity index (χ2n) is 11.9. The number of aliphatic hydroxyl groups is 1. The number of rotatable bonds is 27. The Hall–Kier alpha value is -1.10. The minimum absolute atomic E-state index is 0.111. The fourth-order valence-corrected chi connectivity index (χ4v) is 4.51. The lowest BCUT2D eigenvalue weighted by molar-refractivity contribution is -0.152. The van der Waals surface area contributed by atoms with Crippen molar-refractivity contribution >= 4 is 11.9 Å². The molecule has 5 nitrogen and oxygen atoms in total. The van der Waals surface area contributed by atoms with Crippen molar-refractivity contribution in [1.82, 2.24) is 0 Å². The first kappa shape index (κ1) is 35.9. The molecule has 0 spiro atoms. The maximum atomic E-state index is 11.9. The molecule has 0 fully saturated rings. The molecule has 0 aromatic carbocycles. The Labute approximate surface area is 229 Å². The van der Waals surface area contributed by atoms with Gasteiger partial charge in [0.05, 0.1) is 0 Å². The van der Waals surface area contributed by atoms with Gasteiger partial charge in [0.2, 0.25) is 0 Å². The van der Waals surface area contributed by atoms with Gasteiger partial charge in [0.1, 0.15) is 19.3 Å². The Morgan fingerprint density at radius 2 is 0.757 bits per heavy atom. The van der Waals surface area contributed by atoms with E-state index in [2.05, 4.69) is 27.7 Å². The number of aliphatic hydroxyl groups excluding tert-OH is 1. The van der Waals surface area contributed by atoms with E-state index in [1.54, 1.807) is 0 Å². The molecule has 0 radical (unpaired) electrons. The molecule has 0 aliphatic carbocycles. The standard InChI is InChI=1S/C32H62O5/c1-28(2)22-18-14-10-8-6-5-7-9-11-16-20-24-31(34)36-26-30(33)27-37-32(35)25-21-17-13-12-15-19-23-29(3)4/h28-30,33H,5-27H2,1-4H3/t30-/m0/s1. The number of carbonyl (C=O) groups excluding carboxylic acids is 2. The van der Waals surface area contributed by atoms with Gasteiger partial charge < -0.3 is 14.6 Å². The summed E-state index contributed by atoms with van der Waals surface area (Å²) in [4.78, 5) is 23.7. The quantitative estimate of drug-likeness (QED) is 0.0854. The normalized spacial score (nSPS) is 12.3. The van der Waals surface area contributed by atoms with Crippen LogP contribution in [0.3, 0.4) is 0 Å². The van der Waals surface area contributed by atoms with Crippen molar-refractivity contribution in [2.24, 2.45) is 11.8 Å². The summed E-state index contributed by atoms with van der Waals surface area (Å²) in [6, 6.07) is 0. The van der Waals surface area contributed by atoms with Crippen molar-refractivity contribution in [3.8, 4) is 0 Å². The van der Waals surface area contributed by atoms with E-state index in [0.29, 0.717) is 12.8 Å². The van der Waals surface area contributed by atoms with Crippen LogP contribution in [0.1, 0.15) is 163 Å². The van der Waals surface area contributed by atoms with Crippen LogP contribution in [0.5, 0.6) is 0 Å². The summed E-state index contributed by atoms with van der Waals surface area (Å²) < 4.78 is 10.2. The Morgan fingerprint density at radius 1 is 0.486 bits per heavy atom. The van der Waals surface area contributed by atoms with E-state index in [9.17, 15) is 14.7 Å². The van der Waals surface area contributed by atoms with Gasteiger partial charge in [-0.2, -0.15) is 0 Å².